The predicted octanol–water partition coefficient (Wildman–Crippen LogP) is 5.24. The average Bonchev–Trinajstić information content (AvgIpc) is 3.48. The first-order valence-electron chi connectivity index (χ1n) is 11.7. The Hall–Kier alpha value is -3.53. The second kappa shape index (κ2) is 11.9. The summed E-state index contributed by atoms with van der Waals surface area (Å²) < 4.78 is 46.6. The molecule has 0 aliphatic rings. The lowest BCUT2D eigenvalue weighted by Crippen LogP contribution is -2.34. The predicted molar refractivity (Wildman–Crippen MR) is 130 cm³/mol. The maximum atomic E-state index is 14.5. The minimum Gasteiger partial charge on any atom is -0.468 e. The molecule has 0 radical (unpaired) electrons. The summed E-state index contributed by atoms with van der Waals surface area (Å²) >= 11 is 0. The summed E-state index contributed by atoms with van der Waals surface area (Å²) in [4.78, 5) is 1.98. The molecule has 4 aromatic rings. The lowest BCUT2D eigenvalue weighted by atomic mass is 10.2. The molecule has 0 spiro atoms. The number of halogens is 2. The fraction of sp³-hybridized carbons (Fsp3) is 0.296. The Morgan fingerprint density at radius 2 is 1.89 bits per heavy atom. The molecule has 0 saturated carbocycles. The molecule has 0 aliphatic heterocycles. The third kappa shape index (κ3) is 6.37. The van der Waals surface area contributed by atoms with Crippen LogP contribution in [-0.2, 0) is 17.8 Å². The maximum Gasteiger partial charge on any atom is 0.227 e. The van der Waals surface area contributed by atoms with Crippen molar-refractivity contribution >= 4 is 0 Å². The van der Waals surface area contributed by atoms with Gasteiger partial charge in [0.2, 0.25) is 5.88 Å². The first kappa shape index (κ1) is 25.6. The summed E-state index contributed by atoms with van der Waals surface area (Å²) in [7, 11) is 0. The molecule has 2 heterocycles. The second-order valence-corrected chi connectivity index (χ2v) is 8.36. The van der Waals surface area contributed by atoms with Crippen molar-refractivity contribution in [3.8, 4) is 17.3 Å². The summed E-state index contributed by atoms with van der Waals surface area (Å²) in [5.74, 6) is -0.616. The van der Waals surface area contributed by atoms with E-state index in [4.69, 9.17) is 13.9 Å². The van der Waals surface area contributed by atoms with Crippen LogP contribution in [0.4, 0.5) is 8.78 Å². The minimum absolute atomic E-state index is 0.122. The highest BCUT2D eigenvalue weighted by Gasteiger charge is 2.24. The summed E-state index contributed by atoms with van der Waals surface area (Å²) in [6.45, 7) is 5.42. The van der Waals surface area contributed by atoms with Crippen LogP contribution < -0.4 is 4.74 Å². The van der Waals surface area contributed by atoms with E-state index in [1.807, 2.05) is 55.1 Å². The van der Waals surface area contributed by atoms with Crippen LogP contribution in [0.25, 0.3) is 5.69 Å². The third-order valence-corrected chi connectivity index (χ3v) is 5.56. The van der Waals surface area contributed by atoms with E-state index >= 15 is 0 Å². The molecular weight excluding hydrogens is 468 g/mol. The molecule has 4 rings (SSSR count). The molecule has 9 heteroatoms. The number of benzene rings is 2. The van der Waals surface area contributed by atoms with Crippen molar-refractivity contribution in [3.05, 3.63) is 95.6 Å². The Morgan fingerprint density at radius 1 is 1.08 bits per heavy atom. The van der Waals surface area contributed by atoms with Gasteiger partial charge >= 0.3 is 0 Å². The van der Waals surface area contributed by atoms with Gasteiger partial charge in [-0.1, -0.05) is 18.2 Å². The number of ether oxygens (including phenoxy) is 2. The molecule has 1 N–H and O–H groups in total. The molecule has 1 unspecified atom stereocenters. The SMILES string of the molecule is CCOCC(O)CN(Cc1ccco1)Cc1c(C)nn(-c2ccccc2)c1Oc1ccc(F)cc1F. The van der Waals surface area contributed by atoms with Crippen molar-refractivity contribution in [2.45, 2.75) is 33.0 Å². The number of furan rings is 1. The van der Waals surface area contributed by atoms with Crippen molar-refractivity contribution in [3.63, 3.8) is 0 Å². The van der Waals surface area contributed by atoms with E-state index in [0.717, 1.165) is 23.6 Å². The topological polar surface area (TPSA) is 72.9 Å². The number of para-hydroxylation sites is 1. The highest BCUT2D eigenvalue weighted by atomic mass is 19.1. The van der Waals surface area contributed by atoms with Gasteiger partial charge in [-0.15, -0.1) is 0 Å². The fourth-order valence-corrected chi connectivity index (χ4v) is 3.87. The van der Waals surface area contributed by atoms with Crippen molar-refractivity contribution < 1.29 is 27.8 Å². The zero-order valence-corrected chi connectivity index (χ0v) is 20.2. The van der Waals surface area contributed by atoms with Crippen LogP contribution in [0.1, 0.15) is 23.9 Å². The molecule has 190 valence electrons. The Labute approximate surface area is 208 Å². The number of aryl methyl sites for hydroxylation is 1. The Balaban J connectivity index is 1.71. The van der Waals surface area contributed by atoms with Crippen LogP contribution >= 0.6 is 0 Å². The number of aliphatic hydroxyl groups is 1. The van der Waals surface area contributed by atoms with Gasteiger partial charge in [0.05, 0.1) is 42.5 Å². The van der Waals surface area contributed by atoms with Crippen molar-refractivity contribution in [2.24, 2.45) is 0 Å². The first-order chi connectivity index (χ1) is 17.4. The third-order valence-electron chi connectivity index (χ3n) is 5.56. The van der Waals surface area contributed by atoms with Gasteiger partial charge in [-0.3, -0.25) is 4.90 Å². The molecule has 36 heavy (non-hydrogen) atoms. The summed E-state index contributed by atoms with van der Waals surface area (Å²) in [6.07, 6.45) is 0.859. The van der Waals surface area contributed by atoms with E-state index in [1.165, 1.54) is 6.07 Å². The van der Waals surface area contributed by atoms with Gasteiger partial charge in [0.1, 0.15) is 11.6 Å². The molecule has 0 bridgehead atoms. The van der Waals surface area contributed by atoms with E-state index in [9.17, 15) is 13.9 Å². The van der Waals surface area contributed by atoms with Crippen LogP contribution in [0.5, 0.6) is 11.6 Å². The first-order valence-corrected chi connectivity index (χ1v) is 11.7. The van der Waals surface area contributed by atoms with Gasteiger partial charge in [-0.05, 0) is 50.2 Å². The monoisotopic (exact) mass is 497 g/mol. The van der Waals surface area contributed by atoms with E-state index in [0.29, 0.717) is 43.4 Å². The molecular formula is C27H29F2N3O4. The van der Waals surface area contributed by atoms with E-state index < -0.39 is 17.7 Å². The van der Waals surface area contributed by atoms with Gasteiger partial charge in [-0.25, -0.2) is 13.5 Å². The van der Waals surface area contributed by atoms with Crippen molar-refractivity contribution in [1.29, 1.82) is 0 Å². The molecule has 0 saturated heterocycles. The van der Waals surface area contributed by atoms with E-state index in [1.54, 1.807) is 17.0 Å². The highest BCUT2D eigenvalue weighted by molar-refractivity contribution is 5.43. The summed E-state index contributed by atoms with van der Waals surface area (Å²) in [5, 5.41) is 15.2. The molecule has 2 aromatic heterocycles. The minimum atomic E-state index is -0.820. The lowest BCUT2D eigenvalue weighted by Gasteiger charge is -2.24. The van der Waals surface area contributed by atoms with Crippen LogP contribution in [0.15, 0.2) is 71.3 Å². The molecule has 0 aliphatic carbocycles. The van der Waals surface area contributed by atoms with Crippen molar-refractivity contribution in [1.82, 2.24) is 14.7 Å². The molecule has 1 atom stereocenters. The zero-order chi connectivity index (χ0) is 25.5. The quantitative estimate of drug-likeness (QED) is 0.289. The van der Waals surface area contributed by atoms with Crippen LogP contribution in [0.2, 0.25) is 0 Å². The molecule has 7 nitrogen and oxygen atoms in total. The van der Waals surface area contributed by atoms with Crippen LogP contribution in [0, 0.1) is 18.6 Å². The zero-order valence-electron chi connectivity index (χ0n) is 20.2. The number of hydrogen-bond acceptors (Lipinski definition) is 6. The number of aromatic nitrogens is 2. The fourth-order valence-electron chi connectivity index (χ4n) is 3.87. The summed E-state index contributed by atoms with van der Waals surface area (Å²) in [5.41, 5.74) is 2.08. The highest BCUT2D eigenvalue weighted by Crippen LogP contribution is 2.33. The second-order valence-electron chi connectivity index (χ2n) is 8.36. The standard InChI is InChI=1S/C27H29F2N3O4/c1-3-34-18-22(33)15-31(16-23-10-7-13-35-23)17-24-19(2)30-32(21-8-5-4-6-9-21)27(24)36-26-12-11-20(28)14-25(26)29/h4-14,22,33H,3,15-18H2,1-2H3. The normalized spacial score (nSPS) is 12.3. The Morgan fingerprint density at radius 3 is 2.58 bits per heavy atom. The number of nitrogens with zero attached hydrogens (tertiary/aromatic N) is 3. The lowest BCUT2D eigenvalue weighted by molar-refractivity contribution is 0.0166. The molecule has 0 fully saturated rings. The largest absolute Gasteiger partial charge is 0.468 e. The van der Waals surface area contributed by atoms with Crippen LogP contribution in [0.3, 0.4) is 0 Å². The van der Waals surface area contributed by atoms with Gasteiger partial charge in [0.25, 0.3) is 0 Å². The van der Waals surface area contributed by atoms with Gasteiger partial charge < -0.3 is 19.0 Å². The van der Waals surface area contributed by atoms with Gasteiger partial charge in [-0.2, -0.15) is 5.10 Å². The summed E-state index contributed by atoms with van der Waals surface area (Å²) in [6, 6.07) is 16.1. The average molecular weight is 498 g/mol. The van der Waals surface area contributed by atoms with Gasteiger partial charge in [0, 0.05) is 25.8 Å². The number of rotatable bonds is 12. The van der Waals surface area contributed by atoms with Crippen LogP contribution in [-0.4, -0.2) is 45.6 Å². The van der Waals surface area contributed by atoms with Gasteiger partial charge in [0.15, 0.2) is 11.6 Å². The Bertz CT molecular complexity index is 1250. The molecule has 2 aromatic carbocycles. The Kier molecular flexibility index (Phi) is 8.48. The number of aliphatic hydroxyl groups excluding tert-OH is 1. The van der Waals surface area contributed by atoms with E-state index in [2.05, 4.69) is 5.10 Å². The van der Waals surface area contributed by atoms with E-state index in [-0.39, 0.29) is 12.4 Å². The number of hydrogen-bond donors (Lipinski definition) is 1. The van der Waals surface area contributed by atoms with Crippen molar-refractivity contribution in [2.75, 3.05) is 19.8 Å². The maximum absolute atomic E-state index is 14.5. The smallest absolute Gasteiger partial charge is 0.227 e. The molecule has 0 amide bonds.